The van der Waals surface area contributed by atoms with Crippen LogP contribution in [0.1, 0.15) is 70.4 Å². The molecule has 1 aromatic carbocycles. The number of hydrogen-bond acceptors (Lipinski definition) is 0. The van der Waals surface area contributed by atoms with Crippen molar-refractivity contribution in [1.82, 2.24) is 4.98 Å². The lowest BCUT2D eigenvalue weighted by molar-refractivity contribution is 0.553. The Morgan fingerprint density at radius 2 is 1.74 bits per heavy atom. The molecular formula is C18H27N. The molecule has 0 bridgehead atoms. The molecular weight excluding hydrogens is 230 g/mol. The Morgan fingerprint density at radius 1 is 1.00 bits per heavy atom. The van der Waals surface area contributed by atoms with Crippen LogP contribution in [0, 0.1) is 0 Å². The molecule has 0 saturated carbocycles. The Labute approximate surface area is 117 Å². The first-order chi connectivity index (χ1) is 9.31. The van der Waals surface area contributed by atoms with E-state index in [4.69, 9.17) is 0 Å². The van der Waals surface area contributed by atoms with Crippen LogP contribution in [0.5, 0.6) is 0 Å². The van der Waals surface area contributed by atoms with E-state index in [-0.39, 0.29) is 0 Å². The Balaban J connectivity index is 1.78. The van der Waals surface area contributed by atoms with Crippen LogP contribution in [0.2, 0.25) is 0 Å². The molecule has 0 aliphatic heterocycles. The maximum atomic E-state index is 3.56. The van der Waals surface area contributed by atoms with E-state index in [1.807, 2.05) is 0 Å². The van der Waals surface area contributed by atoms with Gasteiger partial charge in [0.05, 0.1) is 0 Å². The van der Waals surface area contributed by atoms with Crippen LogP contribution in [0.4, 0.5) is 0 Å². The van der Waals surface area contributed by atoms with E-state index >= 15 is 0 Å². The molecule has 104 valence electrons. The number of aromatic amines is 1. The zero-order chi connectivity index (χ0) is 13.5. The fraction of sp³-hybridized carbons (Fsp3) is 0.556. The van der Waals surface area contributed by atoms with Gasteiger partial charge in [-0.1, -0.05) is 70.6 Å². The first-order valence-electron chi connectivity index (χ1n) is 7.89. The zero-order valence-corrected chi connectivity index (χ0v) is 12.4. The van der Waals surface area contributed by atoms with E-state index in [0.29, 0.717) is 5.92 Å². The summed E-state index contributed by atoms with van der Waals surface area (Å²) in [6.45, 7) is 4.62. The van der Waals surface area contributed by atoms with E-state index in [0.717, 1.165) is 0 Å². The van der Waals surface area contributed by atoms with Gasteiger partial charge in [0, 0.05) is 11.2 Å². The molecule has 0 fully saturated rings. The molecule has 1 aromatic heterocycles. The van der Waals surface area contributed by atoms with Gasteiger partial charge in [-0.25, -0.2) is 0 Å². The molecule has 0 spiro atoms. The second kappa shape index (κ2) is 7.37. The number of aromatic nitrogens is 1. The topological polar surface area (TPSA) is 15.8 Å². The number of nitrogens with one attached hydrogen (secondary N) is 1. The lowest BCUT2D eigenvalue weighted by atomic mass is 9.99. The summed E-state index contributed by atoms with van der Waals surface area (Å²) >= 11 is 0. The van der Waals surface area contributed by atoms with Crippen LogP contribution in [0.3, 0.4) is 0 Å². The zero-order valence-electron chi connectivity index (χ0n) is 12.4. The first kappa shape index (κ1) is 14.2. The standard InChI is InChI=1S/C18H27N/c1-3-4-5-6-7-8-11-15(2)18-14-16-12-9-10-13-17(16)19-18/h9-10,12-15,19H,3-8,11H2,1-2H3. The first-order valence-corrected chi connectivity index (χ1v) is 7.89. The van der Waals surface area contributed by atoms with Gasteiger partial charge in [0.15, 0.2) is 0 Å². The van der Waals surface area contributed by atoms with Gasteiger partial charge in [0.2, 0.25) is 0 Å². The average Bonchev–Trinajstić information content (AvgIpc) is 2.86. The highest BCUT2D eigenvalue weighted by Crippen LogP contribution is 2.25. The summed E-state index contributed by atoms with van der Waals surface area (Å²) in [5, 5.41) is 1.34. The van der Waals surface area contributed by atoms with Crippen molar-refractivity contribution in [3.05, 3.63) is 36.0 Å². The summed E-state index contributed by atoms with van der Waals surface area (Å²) in [6, 6.07) is 10.9. The Kier molecular flexibility index (Phi) is 5.50. The highest BCUT2D eigenvalue weighted by atomic mass is 14.7. The van der Waals surface area contributed by atoms with Gasteiger partial charge in [-0.2, -0.15) is 0 Å². The van der Waals surface area contributed by atoms with Crippen LogP contribution in [0.15, 0.2) is 30.3 Å². The van der Waals surface area contributed by atoms with Gasteiger partial charge in [-0.05, 0) is 29.9 Å². The highest BCUT2D eigenvalue weighted by Gasteiger charge is 2.08. The monoisotopic (exact) mass is 257 g/mol. The Hall–Kier alpha value is -1.24. The third kappa shape index (κ3) is 4.12. The molecule has 0 aliphatic rings. The fourth-order valence-corrected chi connectivity index (χ4v) is 2.75. The van der Waals surface area contributed by atoms with Crippen molar-refractivity contribution in [3.63, 3.8) is 0 Å². The second-order valence-corrected chi connectivity index (χ2v) is 5.77. The van der Waals surface area contributed by atoms with Crippen LogP contribution in [0.25, 0.3) is 10.9 Å². The van der Waals surface area contributed by atoms with Crippen LogP contribution >= 0.6 is 0 Å². The summed E-state index contributed by atoms with van der Waals surface area (Å²) in [5.74, 6) is 0.651. The minimum absolute atomic E-state index is 0.651. The van der Waals surface area contributed by atoms with Crippen molar-refractivity contribution in [2.75, 3.05) is 0 Å². The number of unbranched alkanes of at least 4 members (excludes halogenated alkanes) is 5. The number of rotatable bonds is 8. The minimum atomic E-state index is 0.651. The molecule has 1 N–H and O–H groups in total. The lowest BCUT2D eigenvalue weighted by Gasteiger charge is -2.09. The van der Waals surface area contributed by atoms with Gasteiger partial charge in [0.1, 0.15) is 0 Å². The molecule has 1 atom stereocenters. The minimum Gasteiger partial charge on any atom is -0.358 e. The SMILES string of the molecule is CCCCCCCCC(C)c1cc2ccccc2[nH]1. The van der Waals surface area contributed by atoms with E-state index in [1.165, 1.54) is 61.5 Å². The summed E-state index contributed by atoms with van der Waals surface area (Å²) in [4.78, 5) is 3.56. The van der Waals surface area contributed by atoms with Gasteiger partial charge in [-0.3, -0.25) is 0 Å². The van der Waals surface area contributed by atoms with E-state index in [1.54, 1.807) is 0 Å². The molecule has 0 amide bonds. The maximum absolute atomic E-state index is 3.56. The number of H-pyrrole nitrogens is 1. The van der Waals surface area contributed by atoms with Gasteiger partial charge in [0.25, 0.3) is 0 Å². The molecule has 2 aromatic rings. The molecule has 0 saturated heterocycles. The van der Waals surface area contributed by atoms with Gasteiger partial charge in [-0.15, -0.1) is 0 Å². The van der Waals surface area contributed by atoms with Crippen molar-refractivity contribution >= 4 is 10.9 Å². The normalized spacial score (nSPS) is 12.9. The predicted octanol–water partition coefficient (Wildman–Crippen LogP) is 6.02. The van der Waals surface area contributed by atoms with Crippen LogP contribution in [-0.2, 0) is 0 Å². The van der Waals surface area contributed by atoms with Gasteiger partial charge >= 0.3 is 0 Å². The molecule has 1 heterocycles. The van der Waals surface area contributed by atoms with E-state index in [9.17, 15) is 0 Å². The fourth-order valence-electron chi connectivity index (χ4n) is 2.75. The number of para-hydroxylation sites is 1. The molecule has 2 rings (SSSR count). The van der Waals surface area contributed by atoms with Crippen LogP contribution < -0.4 is 0 Å². The smallest absolute Gasteiger partial charge is 0.0456 e. The number of benzene rings is 1. The summed E-state index contributed by atoms with van der Waals surface area (Å²) in [6.07, 6.45) is 9.62. The van der Waals surface area contributed by atoms with Crippen LogP contribution in [-0.4, -0.2) is 4.98 Å². The van der Waals surface area contributed by atoms with Crippen molar-refractivity contribution in [2.24, 2.45) is 0 Å². The molecule has 1 heteroatoms. The Bertz CT molecular complexity index is 450. The number of fused-ring (bicyclic) bond motifs is 1. The molecule has 19 heavy (non-hydrogen) atoms. The summed E-state index contributed by atoms with van der Waals surface area (Å²) in [5.41, 5.74) is 2.67. The van der Waals surface area contributed by atoms with Crippen molar-refractivity contribution < 1.29 is 0 Å². The van der Waals surface area contributed by atoms with E-state index < -0.39 is 0 Å². The average molecular weight is 257 g/mol. The Morgan fingerprint density at radius 3 is 2.53 bits per heavy atom. The third-order valence-electron chi connectivity index (χ3n) is 4.07. The number of hydrogen-bond donors (Lipinski definition) is 1. The molecule has 1 unspecified atom stereocenters. The van der Waals surface area contributed by atoms with Gasteiger partial charge < -0.3 is 4.98 Å². The van der Waals surface area contributed by atoms with E-state index in [2.05, 4.69) is 49.2 Å². The second-order valence-electron chi connectivity index (χ2n) is 5.77. The summed E-state index contributed by atoms with van der Waals surface area (Å²) < 4.78 is 0. The lowest BCUT2D eigenvalue weighted by Crippen LogP contribution is -1.93. The van der Waals surface area contributed by atoms with Crippen molar-refractivity contribution in [1.29, 1.82) is 0 Å². The third-order valence-corrected chi connectivity index (χ3v) is 4.07. The summed E-state index contributed by atoms with van der Waals surface area (Å²) in [7, 11) is 0. The maximum Gasteiger partial charge on any atom is 0.0456 e. The predicted molar refractivity (Wildman–Crippen MR) is 84.7 cm³/mol. The highest BCUT2D eigenvalue weighted by molar-refractivity contribution is 5.80. The molecule has 0 radical (unpaired) electrons. The molecule has 1 nitrogen and oxygen atoms in total. The quantitative estimate of drug-likeness (QED) is 0.556. The van der Waals surface area contributed by atoms with Crippen molar-refractivity contribution in [2.45, 2.75) is 64.7 Å². The van der Waals surface area contributed by atoms with Crippen molar-refractivity contribution in [3.8, 4) is 0 Å². The molecule has 0 aliphatic carbocycles. The largest absolute Gasteiger partial charge is 0.358 e.